The molecule has 0 aromatic heterocycles. The van der Waals surface area contributed by atoms with Crippen LogP contribution < -0.4 is 0 Å². The summed E-state index contributed by atoms with van der Waals surface area (Å²) in [5.41, 5.74) is 0.539. The van der Waals surface area contributed by atoms with Crippen LogP contribution in [0.3, 0.4) is 0 Å². The van der Waals surface area contributed by atoms with Crippen LogP contribution in [0.15, 0.2) is 11.6 Å². The SMILES string of the molecule is CC1(C)C[C@@H]2C3=CC[C@@H]4[C@@]5(C)CC[C@H](O)C(C)(C)[C@@H]5CC[C@@]4(C)[C@]3(C)C[C@@H](O)[C@@]2(CO)[C@@H](O)C1. The third-order valence-electron chi connectivity index (χ3n) is 13.1. The van der Waals surface area contributed by atoms with Crippen molar-refractivity contribution in [3.8, 4) is 0 Å². The molecule has 0 radical (unpaired) electrons. The molecule has 0 aromatic rings. The quantitative estimate of drug-likeness (QED) is 0.399. The van der Waals surface area contributed by atoms with E-state index in [4.69, 9.17) is 0 Å². The van der Waals surface area contributed by atoms with Crippen molar-refractivity contribution in [2.75, 3.05) is 6.61 Å². The summed E-state index contributed by atoms with van der Waals surface area (Å²) in [6, 6.07) is 0. The first-order valence-corrected chi connectivity index (χ1v) is 14.0. The van der Waals surface area contributed by atoms with Crippen LogP contribution in [0.2, 0.25) is 0 Å². The third kappa shape index (κ3) is 2.86. The van der Waals surface area contributed by atoms with Gasteiger partial charge in [-0.3, -0.25) is 0 Å². The van der Waals surface area contributed by atoms with E-state index >= 15 is 0 Å². The first-order valence-electron chi connectivity index (χ1n) is 14.0. The van der Waals surface area contributed by atoms with E-state index in [9.17, 15) is 20.4 Å². The van der Waals surface area contributed by atoms with Crippen molar-refractivity contribution in [2.45, 2.75) is 118 Å². The normalized spacial score (nSPS) is 55.8. The molecule has 5 aliphatic rings. The molecule has 10 atom stereocenters. The Bertz CT molecular complexity index is 877. The number of aliphatic hydroxyl groups excluding tert-OH is 4. The highest BCUT2D eigenvalue weighted by atomic mass is 16.3. The highest BCUT2D eigenvalue weighted by Crippen LogP contribution is 2.75. The minimum Gasteiger partial charge on any atom is -0.396 e. The molecule has 0 aliphatic heterocycles. The average molecular weight is 475 g/mol. The van der Waals surface area contributed by atoms with Gasteiger partial charge >= 0.3 is 0 Å². The van der Waals surface area contributed by atoms with Crippen molar-refractivity contribution in [1.29, 1.82) is 0 Å². The molecule has 4 heteroatoms. The summed E-state index contributed by atoms with van der Waals surface area (Å²) in [6.45, 7) is 16.2. The van der Waals surface area contributed by atoms with Crippen molar-refractivity contribution in [1.82, 2.24) is 0 Å². The zero-order valence-electron chi connectivity index (χ0n) is 22.7. The topological polar surface area (TPSA) is 80.9 Å². The predicted octanol–water partition coefficient (Wildman–Crippen LogP) is 5.08. The van der Waals surface area contributed by atoms with Gasteiger partial charge in [-0.05, 0) is 96.2 Å². The standard InChI is InChI=1S/C30H50O4/c1-25(2)14-19-18-8-9-21-27(5)12-11-22(32)26(3,4)20(27)10-13-28(21,6)29(18,7)16-24(34)30(19,17-31)23(33)15-25/h8,19-24,31-34H,9-17H2,1-7H3/t19-,20+,21-,22+,23+,24-,27+,28-,29-,30-/m1/s1. The monoisotopic (exact) mass is 474 g/mol. The molecule has 0 bridgehead atoms. The van der Waals surface area contributed by atoms with E-state index in [2.05, 4.69) is 54.5 Å². The van der Waals surface area contributed by atoms with Crippen LogP contribution in [0.4, 0.5) is 0 Å². The van der Waals surface area contributed by atoms with Gasteiger partial charge in [-0.2, -0.15) is 0 Å². The highest BCUT2D eigenvalue weighted by molar-refractivity contribution is 5.35. The molecule has 34 heavy (non-hydrogen) atoms. The second-order valence-corrected chi connectivity index (χ2v) is 15.3. The summed E-state index contributed by atoms with van der Waals surface area (Å²) >= 11 is 0. The Kier molecular flexibility index (Phi) is 5.44. The van der Waals surface area contributed by atoms with Gasteiger partial charge in [-0.25, -0.2) is 0 Å². The summed E-state index contributed by atoms with van der Waals surface area (Å²) in [7, 11) is 0. The lowest BCUT2D eigenvalue weighted by Gasteiger charge is -2.72. The molecule has 4 saturated carbocycles. The number of hydrogen-bond donors (Lipinski definition) is 4. The summed E-state index contributed by atoms with van der Waals surface area (Å²) < 4.78 is 0. The van der Waals surface area contributed by atoms with Gasteiger partial charge in [0, 0.05) is 0 Å². The maximum absolute atomic E-state index is 11.7. The van der Waals surface area contributed by atoms with Crippen molar-refractivity contribution >= 4 is 0 Å². The summed E-state index contributed by atoms with van der Waals surface area (Å²) in [6.07, 6.45) is 8.23. The van der Waals surface area contributed by atoms with Crippen LogP contribution >= 0.6 is 0 Å². The van der Waals surface area contributed by atoms with Gasteiger partial charge in [0.2, 0.25) is 0 Å². The fraction of sp³-hybridized carbons (Fsp3) is 0.933. The van der Waals surface area contributed by atoms with Crippen LogP contribution in [0.5, 0.6) is 0 Å². The van der Waals surface area contributed by atoms with Gasteiger partial charge in [0.15, 0.2) is 0 Å². The predicted molar refractivity (Wildman–Crippen MR) is 135 cm³/mol. The van der Waals surface area contributed by atoms with Gasteiger partial charge in [0.05, 0.1) is 30.3 Å². The van der Waals surface area contributed by atoms with E-state index in [0.29, 0.717) is 24.7 Å². The van der Waals surface area contributed by atoms with E-state index in [-0.39, 0.29) is 45.7 Å². The molecule has 4 fully saturated rings. The largest absolute Gasteiger partial charge is 0.396 e. The van der Waals surface area contributed by atoms with Crippen LogP contribution in [0.1, 0.15) is 99.8 Å². The molecular weight excluding hydrogens is 424 g/mol. The lowest BCUT2D eigenvalue weighted by molar-refractivity contribution is -0.235. The van der Waals surface area contributed by atoms with Crippen molar-refractivity contribution < 1.29 is 20.4 Å². The van der Waals surface area contributed by atoms with Crippen LogP contribution in [-0.4, -0.2) is 45.3 Å². The fourth-order valence-electron chi connectivity index (χ4n) is 10.9. The van der Waals surface area contributed by atoms with Crippen molar-refractivity contribution in [2.24, 2.45) is 50.2 Å². The number of aliphatic hydroxyl groups is 4. The maximum Gasteiger partial charge on any atom is 0.0657 e. The van der Waals surface area contributed by atoms with E-state index in [0.717, 1.165) is 38.5 Å². The van der Waals surface area contributed by atoms with Gasteiger partial charge < -0.3 is 20.4 Å². The minimum atomic E-state index is -0.845. The van der Waals surface area contributed by atoms with Gasteiger partial charge in [-0.15, -0.1) is 0 Å². The number of fused-ring (bicyclic) bond motifs is 7. The molecule has 4 nitrogen and oxygen atoms in total. The molecule has 0 spiro atoms. The Morgan fingerprint density at radius 1 is 0.794 bits per heavy atom. The van der Waals surface area contributed by atoms with Crippen molar-refractivity contribution in [3.63, 3.8) is 0 Å². The van der Waals surface area contributed by atoms with Gasteiger partial charge in [0.25, 0.3) is 0 Å². The van der Waals surface area contributed by atoms with Gasteiger partial charge in [-0.1, -0.05) is 60.1 Å². The smallest absolute Gasteiger partial charge is 0.0657 e. The zero-order valence-corrected chi connectivity index (χ0v) is 22.7. The fourth-order valence-corrected chi connectivity index (χ4v) is 10.9. The summed E-state index contributed by atoms with van der Waals surface area (Å²) in [4.78, 5) is 0. The number of hydrogen-bond acceptors (Lipinski definition) is 4. The Morgan fingerprint density at radius 3 is 2.09 bits per heavy atom. The Balaban J connectivity index is 1.62. The molecule has 5 aliphatic carbocycles. The molecule has 0 unspecified atom stereocenters. The van der Waals surface area contributed by atoms with Gasteiger partial charge in [0.1, 0.15) is 0 Å². The van der Waals surface area contributed by atoms with Crippen LogP contribution in [0, 0.1) is 50.2 Å². The van der Waals surface area contributed by atoms with E-state index < -0.39 is 17.6 Å². The number of rotatable bonds is 1. The summed E-state index contributed by atoms with van der Waals surface area (Å²) in [5.74, 6) is 1.02. The Hall–Kier alpha value is -0.420. The average Bonchev–Trinajstić information content (AvgIpc) is 2.71. The van der Waals surface area contributed by atoms with Crippen LogP contribution in [0.25, 0.3) is 0 Å². The molecule has 194 valence electrons. The maximum atomic E-state index is 11.7. The zero-order chi connectivity index (χ0) is 25.1. The van der Waals surface area contributed by atoms with E-state index in [1.165, 1.54) is 5.57 Å². The highest BCUT2D eigenvalue weighted by Gasteiger charge is 2.70. The van der Waals surface area contributed by atoms with Crippen LogP contribution in [-0.2, 0) is 0 Å². The Morgan fingerprint density at radius 2 is 1.44 bits per heavy atom. The second kappa shape index (κ2) is 7.33. The second-order valence-electron chi connectivity index (χ2n) is 15.3. The third-order valence-corrected chi connectivity index (χ3v) is 13.1. The first-order chi connectivity index (χ1) is 15.6. The first kappa shape index (κ1) is 25.2. The minimum absolute atomic E-state index is 0.0120. The summed E-state index contributed by atoms with van der Waals surface area (Å²) in [5, 5.41) is 44.6. The van der Waals surface area contributed by atoms with E-state index in [1.54, 1.807) is 0 Å². The molecular formula is C30H50O4. The molecule has 5 rings (SSSR count). The lowest BCUT2D eigenvalue weighted by atomic mass is 9.33. The molecule has 0 saturated heterocycles. The molecule has 0 heterocycles. The molecule has 0 aromatic carbocycles. The Labute approximate surface area is 207 Å². The molecule has 0 amide bonds. The lowest BCUT2D eigenvalue weighted by Crippen LogP contribution is -2.69. The molecule has 4 N–H and O–H groups in total. The van der Waals surface area contributed by atoms with E-state index in [1.807, 2.05) is 0 Å². The number of allylic oxidation sites excluding steroid dienone is 2. The van der Waals surface area contributed by atoms with Crippen molar-refractivity contribution in [3.05, 3.63) is 11.6 Å².